The Kier molecular flexibility index (Phi) is 3.00. The number of likely N-dealkylation sites (N-methyl/N-ethyl adjacent to an activating group) is 1. The third-order valence-electron chi connectivity index (χ3n) is 4.84. The van der Waals surface area contributed by atoms with Crippen molar-refractivity contribution in [3.8, 4) is 5.75 Å². The molecule has 2 aromatic rings. The molecule has 0 fully saturated rings. The summed E-state index contributed by atoms with van der Waals surface area (Å²) in [5.41, 5.74) is 5.64. The summed E-state index contributed by atoms with van der Waals surface area (Å²) in [6.07, 6.45) is 0. The van der Waals surface area contributed by atoms with Gasteiger partial charge in [-0.05, 0) is 18.2 Å². The predicted octanol–water partition coefficient (Wildman–Crippen LogP) is 3.76. The molecule has 2 heteroatoms. The Morgan fingerprint density at radius 3 is 2.62 bits per heavy atom. The minimum absolute atomic E-state index is 0.449. The summed E-state index contributed by atoms with van der Waals surface area (Å²) in [7, 11) is 2.21. The van der Waals surface area contributed by atoms with Crippen LogP contribution in [0.4, 0.5) is 0 Å². The molecule has 0 radical (unpaired) electrons. The highest BCUT2D eigenvalue weighted by atomic mass is 16.5. The second kappa shape index (κ2) is 4.88. The molecule has 108 valence electrons. The van der Waals surface area contributed by atoms with Crippen molar-refractivity contribution in [1.82, 2.24) is 4.90 Å². The highest BCUT2D eigenvalue weighted by Crippen LogP contribution is 2.44. The first-order chi connectivity index (χ1) is 10.2. The summed E-state index contributed by atoms with van der Waals surface area (Å²) in [5, 5.41) is 0. The van der Waals surface area contributed by atoms with E-state index in [1.165, 1.54) is 22.3 Å². The molecule has 2 nitrogen and oxygen atoms in total. The zero-order valence-electron chi connectivity index (χ0n) is 12.7. The van der Waals surface area contributed by atoms with Gasteiger partial charge < -0.3 is 9.64 Å². The SMILES string of the molecule is CC1COc2c1ccc1c2CN(C)CC1c1ccccc1. The van der Waals surface area contributed by atoms with Crippen LogP contribution in [0.1, 0.15) is 41.0 Å². The Bertz CT molecular complexity index is 665. The predicted molar refractivity (Wildman–Crippen MR) is 85.0 cm³/mol. The Hall–Kier alpha value is -1.80. The normalized spacial score (nSPS) is 24.3. The molecule has 2 atom stereocenters. The largest absolute Gasteiger partial charge is 0.492 e. The van der Waals surface area contributed by atoms with Gasteiger partial charge in [0.1, 0.15) is 5.75 Å². The van der Waals surface area contributed by atoms with E-state index in [0.717, 1.165) is 25.4 Å². The van der Waals surface area contributed by atoms with Gasteiger partial charge >= 0.3 is 0 Å². The second-order valence-corrected chi connectivity index (χ2v) is 6.42. The maximum absolute atomic E-state index is 6.01. The fourth-order valence-electron chi connectivity index (χ4n) is 3.72. The number of benzene rings is 2. The van der Waals surface area contributed by atoms with Gasteiger partial charge in [0.15, 0.2) is 0 Å². The molecular formula is C19H21NO. The van der Waals surface area contributed by atoms with Gasteiger partial charge in [-0.3, -0.25) is 0 Å². The van der Waals surface area contributed by atoms with Crippen molar-refractivity contribution in [2.24, 2.45) is 0 Å². The topological polar surface area (TPSA) is 12.5 Å². The molecule has 0 saturated heterocycles. The van der Waals surface area contributed by atoms with Crippen LogP contribution >= 0.6 is 0 Å². The molecule has 0 spiro atoms. The van der Waals surface area contributed by atoms with E-state index in [1.807, 2.05) is 0 Å². The lowest BCUT2D eigenvalue weighted by Crippen LogP contribution is -2.31. The number of nitrogens with zero attached hydrogens (tertiary/aromatic N) is 1. The van der Waals surface area contributed by atoms with E-state index >= 15 is 0 Å². The van der Waals surface area contributed by atoms with Crippen molar-refractivity contribution in [1.29, 1.82) is 0 Å². The van der Waals surface area contributed by atoms with Crippen molar-refractivity contribution >= 4 is 0 Å². The Labute approximate surface area is 126 Å². The van der Waals surface area contributed by atoms with Crippen LogP contribution in [-0.4, -0.2) is 25.1 Å². The van der Waals surface area contributed by atoms with Gasteiger partial charge in [-0.15, -0.1) is 0 Å². The van der Waals surface area contributed by atoms with Gasteiger partial charge in [0.05, 0.1) is 6.61 Å². The Balaban J connectivity index is 1.85. The van der Waals surface area contributed by atoms with Crippen LogP contribution in [0, 0.1) is 0 Å². The van der Waals surface area contributed by atoms with Gasteiger partial charge in [0, 0.05) is 36.1 Å². The van der Waals surface area contributed by atoms with Crippen LogP contribution in [0.15, 0.2) is 42.5 Å². The molecule has 2 aliphatic rings. The van der Waals surface area contributed by atoms with E-state index in [2.05, 4.69) is 61.3 Å². The lowest BCUT2D eigenvalue weighted by molar-refractivity contribution is 0.280. The maximum Gasteiger partial charge on any atom is 0.127 e. The van der Waals surface area contributed by atoms with Crippen molar-refractivity contribution in [2.75, 3.05) is 20.2 Å². The minimum atomic E-state index is 0.449. The average Bonchev–Trinajstić information content (AvgIpc) is 2.89. The van der Waals surface area contributed by atoms with Gasteiger partial charge in [0.25, 0.3) is 0 Å². The lowest BCUT2D eigenvalue weighted by atomic mass is 9.83. The summed E-state index contributed by atoms with van der Waals surface area (Å²) in [4.78, 5) is 2.41. The van der Waals surface area contributed by atoms with Crippen molar-refractivity contribution in [2.45, 2.75) is 25.3 Å². The van der Waals surface area contributed by atoms with E-state index < -0.39 is 0 Å². The molecule has 4 rings (SSSR count). The van der Waals surface area contributed by atoms with E-state index in [1.54, 1.807) is 0 Å². The van der Waals surface area contributed by atoms with Crippen LogP contribution in [0.2, 0.25) is 0 Å². The highest BCUT2D eigenvalue weighted by Gasteiger charge is 2.31. The van der Waals surface area contributed by atoms with Gasteiger partial charge in [-0.2, -0.15) is 0 Å². The van der Waals surface area contributed by atoms with Crippen LogP contribution in [0.5, 0.6) is 5.75 Å². The third kappa shape index (κ3) is 2.06. The fraction of sp³-hybridized carbons (Fsp3) is 0.368. The van der Waals surface area contributed by atoms with Gasteiger partial charge in [-0.25, -0.2) is 0 Å². The number of ether oxygens (including phenoxy) is 1. The van der Waals surface area contributed by atoms with Crippen LogP contribution in [0.3, 0.4) is 0 Å². The van der Waals surface area contributed by atoms with Gasteiger partial charge in [-0.1, -0.05) is 49.4 Å². The molecule has 0 amide bonds. The van der Waals surface area contributed by atoms with Gasteiger partial charge in [0.2, 0.25) is 0 Å². The van der Waals surface area contributed by atoms with Crippen molar-refractivity contribution in [3.63, 3.8) is 0 Å². The fourth-order valence-corrected chi connectivity index (χ4v) is 3.72. The summed E-state index contributed by atoms with van der Waals surface area (Å²) in [6, 6.07) is 15.5. The van der Waals surface area contributed by atoms with Crippen LogP contribution in [0.25, 0.3) is 0 Å². The summed E-state index contributed by atoms with van der Waals surface area (Å²) in [6.45, 7) is 5.14. The standard InChI is InChI=1S/C19H21NO/c1-13-12-21-19-15(13)8-9-16-17(10-20(2)11-18(16)19)14-6-4-3-5-7-14/h3-9,13,17H,10-12H2,1-2H3. The number of fused-ring (bicyclic) bond motifs is 3. The monoisotopic (exact) mass is 279 g/mol. The molecule has 0 aromatic heterocycles. The number of hydrogen-bond acceptors (Lipinski definition) is 2. The van der Waals surface area contributed by atoms with Crippen molar-refractivity contribution in [3.05, 3.63) is 64.7 Å². The van der Waals surface area contributed by atoms with E-state index in [9.17, 15) is 0 Å². The molecule has 2 unspecified atom stereocenters. The Morgan fingerprint density at radius 2 is 1.81 bits per heavy atom. The minimum Gasteiger partial charge on any atom is -0.492 e. The molecule has 2 aromatic carbocycles. The zero-order chi connectivity index (χ0) is 14.4. The highest BCUT2D eigenvalue weighted by molar-refractivity contribution is 5.54. The summed E-state index contributed by atoms with van der Waals surface area (Å²) >= 11 is 0. The first-order valence-corrected chi connectivity index (χ1v) is 7.76. The summed E-state index contributed by atoms with van der Waals surface area (Å²) in [5.74, 6) is 2.13. The molecule has 21 heavy (non-hydrogen) atoms. The molecular weight excluding hydrogens is 258 g/mol. The smallest absolute Gasteiger partial charge is 0.127 e. The van der Waals surface area contributed by atoms with E-state index in [0.29, 0.717) is 11.8 Å². The van der Waals surface area contributed by atoms with E-state index in [-0.39, 0.29) is 0 Å². The molecule has 0 bridgehead atoms. The molecule has 0 saturated carbocycles. The van der Waals surface area contributed by atoms with Crippen LogP contribution in [-0.2, 0) is 6.54 Å². The maximum atomic E-state index is 6.01. The van der Waals surface area contributed by atoms with Crippen molar-refractivity contribution < 1.29 is 4.74 Å². The molecule has 2 aliphatic heterocycles. The molecule has 0 aliphatic carbocycles. The molecule has 0 N–H and O–H groups in total. The first kappa shape index (κ1) is 12.9. The Morgan fingerprint density at radius 1 is 1.05 bits per heavy atom. The average molecular weight is 279 g/mol. The number of rotatable bonds is 1. The van der Waals surface area contributed by atoms with Crippen LogP contribution < -0.4 is 4.74 Å². The quantitative estimate of drug-likeness (QED) is 0.788. The number of hydrogen-bond donors (Lipinski definition) is 0. The zero-order valence-corrected chi connectivity index (χ0v) is 12.7. The molecule has 2 heterocycles. The lowest BCUT2D eigenvalue weighted by Gasteiger charge is -2.33. The first-order valence-electron chi connectivity index (χ1n) is 7.76. The third-order valence-corrected chi connectivity index (χ3v) is 4.84. The second-order valence-electron chi connectivity index (χ2n) is 6.42. The summed E-state index contributed by atoms with van der Waals surface area (Å²) < 4.78 is 6.01. The van der Waals surface area contributed by atoms with E-state index in [4.69, 9.17) is 4.74 Å².